The van der Waals surface area contributed by atoms with Crippen LogP contribution in [0.1, 0.15) is 46.1 Å². The summed E-state index contributed by atoms with van der Waals surface area (Å²) in [5.41, 5.74) is 3.16. The van der Waals surface area contributed by atoms with E-state index in [4.69, 9.17) is 0 Å². The molecular formula is C22H27NO2. The van der Waals surface area contributed by atoms with Crippen LogP contribution in [0.4, 0.5) is 5.69 Å². The predicted molar refractivity (Wildman–Crippen MR) is 103 cm³/mol. The van der Waals surface area contributed by atoms with Crippen molar-refractivity contribution in [2.45, 2.75) is 40.5 Å². The van der Waals surface area contributed by atoms with Crippen LogP contribution in [-0.4, -0.2) is 11.7 Å². The summed E-state index contributed by atoms with van der Waals surface area (Å²) in [4.78, 5) is 25.4. The van der Waals surface area contributed by atoms with Crippen LogP contribution in [-0.2, 0) is 9.59 Å². The maximum absolute atomic E-state index is 12.8. The highest BCUT2D eigenvalue weighted by atomic mass is 16.2. The van der Waals surface area contributed by atoms with E-state index in [9.17, 15) is 9.59 Å². The standard InChI is InChI=1S/C22H27NO2/c1-6-18(15(4)5)19-8-7-9-20(21(19)24)22(25)23-17-12-10-16(11-13-17)14(2)3/h6-15,19H,1-5H3,(H,23,25). The van der Waals surface area contributed by atoms with Gasteiger partial charge in [0.2, 0.25) is 0 Å². The molecule has 1 amide bonds. The first-order chi connectivity index (χ1) is 11.8. The molecule has 0 radical (unpaired) electrons. The highest BCUT2D eigenvalue weighted by Crippen LogP contribution is 2.28. The Kier molecular flexibility index (Phi) is 6.13. The van der Waals surface area contributed by atoms with Gasteiger partial charge in [-0.05, 0) is 42.5 Å². The molecule has 132 valence electrons. The predicted octanol–water partition coefficient (Wildman–Crippen LogP) is 5.03. The number of ketones is 1. The first-order valence-corrected chi connectivity index (χ1v) is 8.85. The van der Waals surface area contributed by atoms with Crippen LogP contribution in [0.2, 0.25) is 0 Å². The molecule has 1 aromatic carbocycles. The lowest BCUT2D eigenvalue weighted by Gasteiger charge is -2.22. The number of nitrogens with one attached hydrogen (secondary N) is 1. The van der Waals surface area contributed by atoms with Gasteiger partial charge >= 0.3 is 0 Å². The maximum Gasteiger partial charge on any atom is 0.259 e. The summed E-state index contributed by atoms with van der Waals surface area (Å²) in [6.45, 7) is 10.3. The van der Waals surface area contributed by atoms with Gasteiger partial charge in [0.05, 0.1) is 11.5 Å². The monoisotopic (exact) mass is 337 g/mol. The fraction of sp³-hybridized carbons (Fsp3) is 0.364. The summed E-state index contributed by atoms with van der Waals surface area (Å²) in [6, 6.07) is 7.74. The third kappa shape index (κ3) is 4.36. The van der Waals surface area contributed by atoms with Gasteiger partial charge in [-0.1, -0.05) is 63.6 Å². The van der Waals surface area contributed by atoms with Crippen LogP contribution in [0.5, 0.6) is 0 Å². The molecular weight excluding hydrogens is 310 g/mol. The highest BCUT2D eigenvalue weighted by molar-refractivity contribution is 6.25. The number of carbonyl (C=O) groups excluding carboxylic acids is 2. The Hall–Kier alpha value is -2.42. The second-order valence-electron chi connectivity index (χ2n) is 6.98. The summed E-state index contributed by atoms with van der Waals surface area (Å²) in [6.07, 6.45) is 7.24. The molecule has 0 heterocycles. The normalized spacial score (nSPS) is 17.9. The van der Waals surface area contributed by atoms with E-state index in [2.05, 4.69) is 33.0 Å². The Morgan fingerprint density at radius 1 is 1.12 bits per heavy atom. The topological polar surface area (TPSA) is 46.2 Å². The van der Waals surface area contributed by atoms with Gasteiger partial charge in [-0.2, -0.15) is 0 Å². The number of anilines is 1. The molecule has 0 saturated carbocycles. The molecule has 3 heteroatoms. The Morgan fingerprint density at radius 3 is 2.28 bits per heavy atom. The van der Waals surface area contributed by atoms with Crippen LogP contribution < -0.4 is 5.32 Å². The number of carbonyl (C=O) groups is 2. The summed E-state index contributed by atoms with van der Waals surface area (Å²) >= 11 is 0. The van der Waals surface area contributed by atoms with E-state index in [-0.39, 0.29) is 29.1 Å². The summed E-state index contributed by atoms with van der Waals surface area (Å²) in [5.74, 6) is -0.140. The fourth-order valence-corrected chi connectivity index (χ4v) is 3.07. The second-order valence-corrected chi connectivity index (χ2v) is 6.98. The number of amides is 1. The van der Waals surface area contributed by atoms with Crippen molar-refractivity contribution in [3.8, 4) is 0 Å². The molecule has 0 bridgehead atoms. The first kappa shape index (κ1) is 18.9. The SMILES string of the molecule is CC=C(C(C)C)C1C=CC=C(C(=O)Nc2ccc(C(C)C)cc2)C1=O. The second kappa shape index (κ2) is 8.11. The molecule has 0 aromatic heterocycles. The zero-order valence-corrected chi connectivity index (χ0v) is 15.7. The number of Topliss-reactive ketones (excluding diaryl/α,β-unsaturated/α-hetero) is 1. The van der Waals surface area contributed by atoms with Gasteiger partial charge in [-0.15, -0.1) is 0 Å². The molecule has 0 spiro atoms. The van der Waals surface area contributed by atoms with Gasteiger partial charge in [0, 0.05) is 5.69 Å². The quantitative estimate of drug-likeness (QED) is 0.605. The minimum atomic E-state index is -0.351. The van der Waals surface area contributed by atoms with Gasteiger partial charge in [0.15, 0.2) is 5.78 Å². The highest BCUT2D eigenvalue weighted by Gasteiger charge is 2.30. The van der Waals surface area contributed by atoms with E-state index in [0.717, 1.165) is 5.57 Å². The molecule has 3 nitrogen and oxygen atoms in total. The van der Waals surface area contributed by atoms with Crippen LogP contribution in [0.25, 0.3) is 0 Å². The Morgan fingerprint density at radius 2 is 1.76 bits per heavy atom. The van der Waals surface area contributed by atoms with Gasteiger partial charge in [-0.25, -0.2) is 0 Å². The number of hydrogen-bond acceptors (Lipinski definition) is 2. The average Bonchev–Trinajstić information content (AvgIpc) is 2.57. The lowest BCUT2D eigenvalue weighted by Crippen LogP contribution is -2.28. The van der Waals surface area contributed by atoms with E-state index in [1.807, 2.05) is 43.3 Å². The van der Waals surface area contributed by atoms with Crippen molar-refractivity contribution in [3.05, 3.63) is 65.3 Å². The van der Waals surface area contributed by atoms with Crippen molar-refractivity contribution in [1.29, 1.82) is 0 Å². The van der Waals surface area contributed by atoms with E-state index in [0.29, 0.717) is 11.6 Å². The van der Waals surface area contributed by atoms with Crippen LogP contribution in [0.15, 0.2) is 59.7 Å². The molecule has 1 atom stereocenters. The molecule has 0 aliphatic heterocycles. The van der Waals surface area contributed by atoms with E-state index in [1.165, 1.54) is 5.56 Å². The Labute approximate surface area is 150 Å². The summed E-state index contributed by atoms with van der Waals surface area (Å²) < 4.78 is 0. The smallest absolute Gasteiger partial charge is 0.259 e. The van der Waals surface area contributed by atoms with Crippen molar-refractivity contribution in [1.82, 2.24) is 0 Å². The molecule has 0 saturated heterocycles. The Bertz CT molecular complexity index is 734. The summed E-state index contributed by atoms with van der Waals surface area (Å²) in [5, 5.41) is 2.83. The molecule has 1 unspecified atom stereocenters. The molecule has 2 rings (SSSR count). The zero-order valence-electron chi connectivity index (χ0n) is 15.7. The molecule has 1 aliphatic carbocycles. The number of hydrogen-bond donors (Lipinski definition) is 1. The molecule has 25 heavy (non-hydrogen) atoms. The van der Waals surface area contributed by atoms with Gasteiger partial charge in [-0.3, -0.25) is 9.59 Å². The number of allylic oxidation sites excluding steroid dienone is 5. The first-order valence-electron chi connectivity index (χ1n) is 8.85. The van der Waals surface area contributed by atoms with Crippen LogP contribution in [0, 0.1) is 11.8 Å². The summed E-state index contributed by atoms with van der Waals surface area (Å²) in [7, 11) is 0. The Balaban J connectivity index is 2.15. The third-order valence-corrected chi connectivity index (χ3v) is 4.55. The van der Waals surface area contributed by atoms with Crippen molar-refractivity contribution < 1.29 is 9.59 Å². The third-order valence-electron chi connectivity index (χ3n) is 4.55. The maximum atomic E-state index is 12.8. The average molecular weight is 337 g/mol. The van der Waals surface area contributed by atoms with E-state index < -0.39 is 0 Å². The largest absolute Gasteiger partial charge is 0.322 e. The van der Waals surface area contributed by atoms with Crippen molar-refractivity contribution >= 4 is 17.4 Å². The van der Waals surface area contributed by atoms with Crippen molar-refractivity contribution in [2.75, 3.05) is 5.32 Å². The fourth-order valence-electron chi connectivity index (χ4n) is 3.07. The van der Waals surface area contributed by atoms with Gasteiger partial charge < -0.3 is 5.32 Å². The lowest BCUT2D eigenvalue weighted by molar-refractivity contribution is -0.121. The van der Waals surface area contributed by atoms with E-state index >= 15 is 0 Å². The molecule has 1 aromatic rings. The van der Waals surface area contributed by atoms with Crippen LogP contribution in [0.3, 0.4) is 0 Å². The molecule has 1 aliphatic rings. The van der Waals surface area contributed by atoms with E-state index in [1.54, 1.807) is 12.2 Å². The van der Waals surface area contributed by atoms with Gasteiger partial charge in [0.1, 0.15) is 0 Å². The number of benzene rings is 1. The van der Waals surface area contributed by atoms with Crippen LogP contribution >= 0.6 is 0 Å². The van der Waals surface area contributed by atoms with Gasteiger partial charge in [0.25, 0.3) is 5.91 Å². The van der Waals surface area contributed by atoms with Crippen molar-refractivity contribution in [3.63, 3.8) is 0 Å². The minimum Gasteiger partial charge on any atom is -0.322 e. The van der Waals surface area contributed by atoms with Crippen molar-refractivity contribution in [2.24, 2.45) is 11.8 Å². The minimum absolute atomic E-state index is 0.138. The number of rotatable bonds is 5. The molecule has 0 fully saturated rings. The zero-order chi connectivity index (χ0) is 18.6. The molecule has 1 N–H and O–H groups in total. The lowest BCUT2D eigenvalue weighted by atomic mass is 9.81.